The summed E-state index contributed by atoms with van der Waals surface area (Å²) < 4.78 is 0. The number of hydrogen-bond acceptors (Lipinski definition) is 1. The maximum absolute atomic E-state index is 11.7. The van der Waals surface area contributed by atoms with E-state index >= 15 is 0 Å². The number of amides is 1. The predicted molar refractivity (Wildman–Crippen MR) is 58.1 cm³/mol. The molecule has 0 atom stereocenters. The van der Waals surface area contributed by atoms with Gasteiger partial charge in [0.25, 0.3) is 0 Å². The van der Waals surface area contributed by atoms with Crippen LogP contribution in [0.3, 0.4) is 0 Å². The Morgan fingerprint density at radius 2 is 1.86 bits per heavy atom. The van der Waals surface area contributed by atoms with Gasteiger partial charge in [-0.2, -0.15) is 0 Å². The molecule has 76 valence electrons. The molecular formula is C12H17NO. The average molecular weight is 191 g/mol. The fourth-order valence-corrected chi connectivity index (χ4v) is 1.18. The van der Waals surface area contributed by atoms with Gasteiger partial charge in [0.1, 0.15) is 0 Å². The maximum atomic E-state index is 11.7. The number of benzene rings is 1. The van der Waals surface area contributed by atoms with Crippen LogP contribution in [0.5, 0.6) is 0 Å². The van der Waals surface area contributed by atoms with Crippen LogP contribution in [0, 0.1) is 0 Å². The first-order valence-corrected chi connectivity index (χ1v) is 4.91. The summed E-state index contributed by atoms with van der Waals surface area (Å²) >= 11 is 0. The van der Waals surface area contributed by atoms with Gasteiger partial charge in [0, 0.05) is 13.1 Å². The molecule has 2 nitrogen and oxygen atoms in total. The van der Waals surface area contributed by atoms with Gasteiger partial charge >= 0.3 is 0 Å². The Labute approximate surface area is 85.5 Å². The van der Waals surface area contributed by atoms with Gasteiger partial charge < -0.3 is 4.90 Å². The van der Waals surface area contributed by atoms with Crippen molar-refractivity contribution in [3.63, 3.8) is 0 Å². The van der Waals surface area contributed by atoms with Gasteiger partial charge in [-0.3, -0.25) is 4.79 Å². The van der Waals surface area contributed by atoms with Crippen LogP contribution in [-0.2, 0) is 11.2 Å². The van der Waals surface area contributed by atoms with E-state index in [2.05, 4.69) is 0 Å². The molecule has 0 saturated carbocycles. The summed E-state index contributed by atoms with van der Waals surface area (Å²) in [5, 5.41) is 0. The smallest absolute Gasteiger partial charge is 0.226 e. The monoisotopic (exact) mass is 191 g/mol. The molecule has 0 aliphatic carbocycles. The van der Waals surface area contributed by atoms with Crippen LogP contribution in [0.1, 0.15) is 19.4 Å². The molecule has 0 aliphatic heterocycles. The van der Waals surface area contributed by atoms with Gasteiger partial charge in [-0.05, 0) is 19.4 Å². The second kappa shape index (κ2) is 4.80. The topological polar surface area (TPSA) is 20.3 Å². The molecule has 0 radical (unpaired) electrons. The molecule has 1 aromatic rings. The molecule has 0 N–H and O–H groups in total. The van der Waals surface area contributed by atoms with E-state index in [0.717, 1.165) is 5.56 Å². The van der Waals surface area contributed by atoms with Gasteiger partial charge in [-0.15, -0.1) is 0 Å². The molecule has 0 saturated heterocycles. The lowest BCUT2D eigenvalue weighted by atomic mass is 10.1. The van der Waals surface area contributed by atoms with Crippen LogP contribution < -0.4 is 0 Å². The van der Waals surface area contributed by atoms with Gasteiger partial charge in [0.2, 0.25) is 5.91 Å². The van der Waals surface area contributed by atoms with E-state index in [1.54, 1.807) is 4.90 Å². The fraction of sp³-hybridized carbons (Fsp3) is 0.417. The maximum Gasteiger partial charge on any atom is 0.226 e. The third-order valence-electron chi connectivity index (χ3n) is 2.37. The molecule has 2 heteroatoms. The van der Waals surface area contributed by atoms with Gasteiger partial charge in [-0.25, -0.2) is 0 Å². The van der Waals surface area contributed by atoms with Crippen molar-refractivity contribution >= 4 is 5.91 Å². The first-order chi connectivity index (χ1) is 6.61. The third-order valence-corrected chi connectivity index (χ3v) is 2.37. The second-order valence-electron chi connectivity index (χ2n) is 3.76. The molecule has 1 rings (SSSR count). The Morgan fingerprint density at radius 1 is 1.29 bits per heavy atom. The largest absolute Gasteiger partial charge is 0.343 e. The molecular weight excluding hydrogens is 174 g/mol. The highest BCUT2D eigenvalue weighted by atomic mass is 16.2. The molecule has 0 bridgehead atoms. The summed E-state index contributed by atoms with van der Waals surface area (Å²) in [5.41, 5.74) is 1.07. The molecule has 0 spiro atoms. The minimum Gasteiger partial charge on any atom is -0.343 e. The van der Waals surface area contributed by atoms with Crippen LogP contribution in [0.25, 0.3) is 0 Å². The lowest BCUT2D eigenvalue weighted by Gasteiger charge is -2.21. The lowest BCUT2D eigenvalue weighted by molar-refractivity contribution is -0.130. The standard InChI is InChI=1S/C12H17NO/c1-10(2)13(3)12(14)9-11-7-5-4-6-8-11/h4-8,10H,9H2,1-3H3. The van der Waals surface area contributed by atoms with Gasteiger partial charge in [0.05, 0.1) is 6.42 Å². The SMILES string of the molecule is CC(C)N(C)C(=O)Cc1ccccc1. The summed E-state index contributed by atoms with van der Waals surface area (Å²) in [6.07, 6.45) is 0.496. The van der Waals surface area contributed by atoms with Crippen molar-refractivity contribution in [2.45, 2.75) is 26.3 Å². The second-order valence-corrected chi connectivity index (χ2v) is 3.76. The highest BCUT2D eigenvalue weighted by Gasteiger charge is 2.11. The van der Waals surface area contributed by atoms with Crippen LogP contribution in [-0.4, -0.2) is 23.9 Å². The molecule has 0 unspecified atom stereocenters. The zero-order chi connectivity index (χ0) is 10.6. The zero-order valence-electron chi connectivity index (χ0n) is 9.03. The minimum atomic E-state index is 0.172. The predicted octanol–water partition coefficient (Wildman–Crippen LogP) is 2.10. The number of nitrogens with zero attached hydrogens (tertiary/aromatic N) is 1. The van der Waals surface area contributed by atoms with Crippen LogP contribution in [0.2, 0.25) is 0 Å². The van der Waals surface area contributed by atoms with E-state index in [9.17, 15) is 4.79 Å². The number of rotatable bonds is 3. The fourth-order valence-electron chi connectivity index (χ4n) is 1.18. The van der Waals surface area contributed by atoms with E-state index in [1.807, 2.05) is 51.2 Å². The van der Waals surface area contributed by atoms with E-state index in [-0.39, 0.29) is 11.9 Å². The first kappa shape index (κ1) is 10.8. The van der Waals surface area contributed by atoms with Crippen LogP contribution in [0.15, 0.2) is 30.3 Å². The Balaban J connectivity index is 2.58. The highest BCUT2D eigenvalue weighted by Crippen LogP contribution is 2.03. The Kier molecular flexibility index (Phi) is 3.69. The van der Waals surface area contributed by atoms with E-state index < -0.39 is 0 Å². The highest BCUT2D eigenvalue weighted by molar-refractivity contribution is 5.78. The van der Waals surface area contributed by atoms with E-state index in [4.69, 9.17) is 0 Å². The number of carbonyl (C=O) groups excluding carboxylic acids is 1. The third kappa shape index (κ3) is 2.87. The average Bonchev–Trinajstić information content (AvgIpc) is 2.18. The Morgan fingerprint density at radius 3 is 2.36 bits per heavy atom. The normalized spacial score (nSPS) is 10.3. The summed E-state index contributed by atoms with van der Waals surface area (Å²) in [5.74, 6) is 0.172. The molecule has 1 amide bonds. The van der Waals surface area contributed by atoms with Crippen molar-refractivity contribution in [3.8, 4) is 0 Å². The van der Waals surface area contributed by atoms with Crippen LogP contribution in [0.4, 0.5) is 0 Å². The summed E-state index contributed by atoms with van der Waals surface area (Å²) in [4.78, 5) is 13.5. The van der Waals surface area contributed by atoms with Gasteiger partial charge in [0.15, 0.2) is 0 Å². The minimum absolute atomic E-state index is 0.172. The van der Waals surface area contributed by atoms with Crippen molar-refractivity contribution in [3.05, 3.63) is 35.9 Å². The quantitative estimate of drug-likeness (QED) is 0.716. The van der Waals surface area contributed by atoms with Crippen molar-refractivity contribution in [1.82, 2.24) is 4.90 Å². The molecule has 1 aromatic carbocycles. The Hall–Kier alpha value is -1.31. The Bertz CT molecular complexity index is 292. The van der Waals surface area contributed by atoms with Gasteiger partial charge in [-0.1, -0.05) is 30.3 Å². The van der Waals surface area contributed by atoms with Crippen molar-refractivity contribution in [1.29, 1.82) is 0 Å². The number of carbonyl (C=O) groups is 1. The molecule has 0 aliphatic rings. The summed E-state index contributed by atoms with van der Waals surface area (Å²) in [6.45, 7) is 4.03. The molecule has 0 fully saturated rings. The lowest BCUT2D eigenvalue weighted by Crippen LogP contribution is -2.34. The molecule has 0 aromatic heterocycles. The molecule has 0 heterocycles. The zero-order valence-corrected chi connectivity index (χ0v) is 9.03. The van der Waals surface area contributed by atoms with Crippen molar-refractivity contribution < 1.29 is 4.79 Å². The van der Waals surface area contributed by atoms with E-state index in [1.165, 1.54) is 0 Å². The number of hydrogen-bond donors (Lipinski definition) is 0. The van der Waals surface area contributed by atoms with Crippen molar-refractivity contribution in [2.24, 2.45) is 0 Å². The van der Waals surface area contributed by atoms with Crippen molar-refractivity contribution in [2.75, 3.05) is 7.05 Å². The van der Waals surface area contributed by atoms with Crippen LogP contribution >= 0.6 is 0 Å². The molecule has 14 heavy (non-hydrogen) atoms. The summed E-state index contributed by atoms with van der Waals surface area (Å²) in [6, 6.07) is 10.1. The number of likely N-dealkylation sites (N-methyl/N-ethyl adjacent to an activating group) is 1. The van der Waals surface area contributed by atoms with E-state index in [0.29, 0.717) is 6.42 Å². The first-order valence-electron chi connectivity index (χ1n) is 4.91. The summed E-state index contributed by atoms with van der Waals surface area (Å²) in [7, 11) is 1.84.